The number of carbonyl (C=O) groups excluding carboxylic acids is 1. The number of ether oxygens (including phenoxy) is 1. The minimum Gasteiger partial charge on any atom is -0.377 e. The molecule has 0 aliphatic carbocycles. The van der Waals surface area contributed by atoms with Gasteiger partial charge in [-0.2, -0.15) is 0 Å². The van der Waals surface area contributed by atoms with Crippen LogP contribution in [0, 0.1) is 0 Å². The van der Waals surface area contributed by atoms with Crippen molar-refractivity contribution in [1.29, 1.82) is 0 Å². The van der Waals surface area contributed by atoms with E-state index in [-0.39, 0.29) is 5.54 Å². The average molecular weight is 213 g/mol. The summed E-state index contributed by atoms with van der Waals surface area (Å²) in [4.78, 5) is 14.7. The molecule has 86 valence electrons. The third-order valence-corrected chi connectivity index (χ3v) is 3.26. The molecule has 1 amide bonds. The van der Waals surface area contributed by atoms with Crippen molar-refractivity contribution in [2.24, 2.45) is 5.73 Å². The molecule has 0 aromatic heterocycles. The van der Waals surface area contributed by atoms with E-state index in [9.17, 15) is 4.79 Å². The highest BCUT2D eigenvalue weighted by atomic mass is 16.5. The molecule has 5 heteroatoms. The zero-order valence-corrected chi connectivity index (χ0v) is 9.02. The fraction of sp³-hybridized carbons (Fsp3) is 0.900. The number of amides is 1. The van der Waals surface area contributed by atoms with Crippen LogP contribution in [0.2, 0.25) is 0 Å². The minimum absolute atomic E-state index is 0.0816. The maximum absolute atomic E-state index is 10.5. The van der Waals surface area contributed by atoms with Gasteiger partial charge in [0.1, 0.15) is 0 Å². The van der Waals surface area contributed by atoms with Gasteiger partial charge in [-0.05, 0) is 6.42 Å². The van der Waals surface area contributed by atoms with Crippen LogP contribution in [0.1, 0.15) is 6.42 Å². The van der Waals surface area contributed by atoms with E-state index < -0.39 is 0 Å². The molecule has 0 saturated carbocycles. The van der Waals surface area contributed by atoms with Crippen LogP contribution < -0.4 is 5.73 Å². The van der Waals surface area contributed by atoms with Crippen LogP contribution in [0.15, 0.2) is 0 Å². The molecule has 0 unspecified atom stereocenters. The Hall–Kier alpha value is -0.650. The van der Waals surface area contributed by atoms with Crippen molar-refractivity contribution < 1.29 is 9.53 Å². The Balaban J connectivity index is 1.66. The predicted molar refractivity (Wildman–Crippen MR) is 56.4 cm³/mol. The maximum atomic E-state index is 10.5. The number of nitrogens with two attached hydrogens (primary N) is 1. The fourth-order valence-electron chi connectivity index (χ4n) is 1.98. The number of nitrogens with zero attached hydrogens (tertiary/aromatic N) is 2. The molecule has 2 N–H and O–H groups in total. The Morgan fingerprint density at radius 1 is 1.27 bits per heavy atom. The second kappa shape index (κ2) is 4.47. The first-order chi connectivity index (χ1) is 7.22. The van der Waals surface area contributed by atoms with Crippen LogP contribution in [0.4, 0.5) is 0 Å². The van der Waals surface area contributed by atoms with Crippen molar-refractivity contribution in [3.8, 4) is 0 Å². The van der Waals surface area contributed by atoms with Crippen LogP contribution in [-0.4, -0.2) is 67.7 Å². The highest BCUT2D eigenvalue weighted by Gasteiger charge is 2.34. The Morgan fingerprint density at radius 3 is 2.40 bits per heavy atom. The monoisotopic (exact) mass is 213 g/mol. The van der Waals surface area contributed by atoms with Gasteiger partial charge in [-0.25, -0.2) is 0 Å². The Kier molecular flexibility index (Phi) is 3.23. The Labute approximate surface area is 90.1 Å². The van der Waals surface area contributed by atoms with E-state index in [1.165, 1.54) is 0 Å². The highest BCUT2D eigenvalue weighted by Crippen LogP contribution is 2.18. The lowest BCUT2D eigenvalue weighted by Gasteiger charge is -2.40. The lowest BCUT2D eigenvalue weighted by atomic mass is 9.94. The normalized spacial score (nSPS) is 26.1. The summed E-state index contributed by atoms with van der Waals surface area (Å²) in [6.07, 6.45) is 1.93. The van der Waals surface area contributed by atoms with Gasteiger partial charge in [0.25, 0.3) is 0 Å². The second-order valence-corrected chi connectivity index (χ2v) is 4.59. The van der Waals surface area contributed by atoms with Crippen LogP contribution in [0.5, 0.6) is 0 Å². The number of hydrogen-bond acceptors (Lipinski definition) is 4. The summed E-state index contributed by atoms with van der Waals surface area (Å²) >= 11 is 0. The van der Waals surface area contributed by atoms with Gasteiger partial charge in [-0.3, -0.25) is 9.69 Å². The fourth-order valence-corrected chi connectivity index (χ4v) is 1.98. The zero-order chi connectivity index (χ0) is 10.7. The summed E-state index contributed by atoms with van der Waals surface area (Å²) in [5.41, 5.74) is 5.97. The molecule has 0 atom stereocenters. The van der Waals surface area contributed by atoms with E-state index in [0.717, 1.165) is 45.6 Å². The molecule has 2 rings (SSSR count). The van der Waals surface area contributed by atoms with Gasteiger partial charge in [-0.1, -0.05) is 0 Å². The molecule has 2 saturated heterocycles. The van der Waals surface area contributed by atoms with Gasteiger partial charge < -0.3 is 15.4 Å². The van der Waals surface area contributed by atoms with E-state index in [1.807, 2.05) is 4.90 Å². The molecule has 15 heavy (non-hydrogen) atoms. The van der Waals surface area contributed by atoms with Gasteiger partial charge in [-0.15, -0.1) is 0 Å². The molecular weight excluding hydrogens is 194 g/mol. The van der Waals surface area contributed by atoms with Gasteiger partial charge >= 0.3 is 0 Å². The molecule has 2 fully saturated rings. The molecule has 0 aromatic rings. The molecule has 0 spiro atoms. The maximum Gasteiger partial charge on any atom is 0.209 e. The minimum atomic E-state index is -0.0816. The standard InChI is InChI=1S/C10H19N3O2/c11-10(7-15-8-10)1-2-12-3-5-13(9-14)6-4-12/h9H,1-8,11H2. The van der Waals surface area contributed by atoms with Gasteiger partial charge in [0, 0.05) is 32.7 Å². The topological polar surface area (TPSA) is 58.8 Å². The quantitative estimate of drug-likeness (QED) is 0.601. The van der Waals surface area contributed by atoms with Crippen molar-refractivity contribution in [2.75, 3.05) is 45.9 Å². The SMILES string of the molecule is NC1(CCN2CCN(C=O)CC2)COC1. The van der Waals surface area contributed by atoms with E-state index in [0.29, 0.717) is 13.2 Å². The van der Waals surface area contributed by atoms with Gasteiger partial charge in [0.15, 0.2) is 0 Å². The summed E-state index contributed by atoms with van der Waals surface area (Å²) in [6, 6.07) is 0. The lowest BCUT2D eigenvalue weighted by Crippen LogP contribution is -2.59. The molecule has 5 nitrogen and oxygen atoms in total. The summed E-state index contributed by atoms with van der Waals surface area (Å²) in [5.74, 6) is 0. The number of carbonyl (C=O) groups is 1. The molecule has 2 aliphatic rings. The van der Waals surface area contributed by atoms with E-state index in [2.05, 4.69) is 4.90 Å². The van der Waals surface area contributed by atoms with Crippen molar-refractivity contribution in [2.45, 2.75) is 12.0 Å². The van der Waals surface area contributed by atoms with Crippen molar-refractivity contribution in [3.05, 3.63) is 0 Å². The van der Waals surface area contributed by atoms with Gasteiger partial charge in [0.2, 0.25) is 6.41 Å². The van der Waals surface area contributed by atoms with Crippen LogP contribution in [-0.2, 0) is 9.53 Å². The largest absolute Gasteiger partial charge is 0.377 e. The smallest absolute Gasteiger partial charge is 0.209 e. The zero-order valence-electron chi connectivity index (χ0n) is 9.02. The molecule has 0 bridgehead atoms. The first-order valence-corrected chi connectivity index (χ1v) is 5.50. The van der Waals surface area contributed by atoms with E-state index >= 15 is 0 Å². The number of rotatable bonds is 4. The molecule has 2 aliphatic heterocycles. The lowest BCUT2D eigenvalue weighted by molar-refractivity contribution is -0.119. The van der Waals surface area contributed by atoms with Crippen molar-refractivity contribution in [3.63, 3.8) is 0 Å². The van der Waals surface area contributed by atoms with Gasteiger partial charge in [0.05, 0.1) is 18.8 Å². The van der Waals surface area contributed by atoms with Crippen LogP contribution in [0.25, 0.3) is 0 Å². The average Bonchev–Trinajstić information content (AvgIpc) is 2.24. The Morgan fingerprint density at radius 2 is 1.93 bits per heavy atom. The molecule has 0 radical (unpaired) electrons. The summed E-state index contributed by atoms with van der Waals surface area (Å²) < 4.78 is 5.11. The van der Waals surface area contributed by atoms with Crippen LogP contribution in [0.3, 0.4) is 0 Å². The third kappa shape index (κ3) is 2.68. The van der Waals surface area contributed by atoms with Crippen molar-refractivity contribution >= 4 is 6.41 Å². The summed E-state index contributed by atoms with van der Waals surface area (Å²) in [7, 11) is 0. The molecule has 2 heterocycles. The van der Waals surface area contributed by atoms with Crippen LogP contribution >= 0.6 is 0 Å². The third-order valence-electron chi connectivity index (χ3n) is 3.26. The van der Waals surface area contributed by atoms with E-state index in [4.69, 9.17) is 10.5 Å². The number of piperazine rings is 1. The highest BCUT2D eigenvalue weighted by molar-refractivity contribution is 5.47. The molecule has 0 aromatic carbocycles. The second-order valence-electron chi connectivity index (χ2n) is 4.59. The summed E-state index contributed by atoms with van der Waals surface area (Å²) in [6.45, 7) is 6.04. The first-order valence-electron chi connectivity index (χ1n) is 5.50. The van der Waals surface area contributed by atoms with E-state index in [1.54, 1.807) is 0 Å². The molecular formula is C10H19N3O2. The first kappa shape index (κ1) is 10.9. The predicted octanol–water partition coefficient (Wildman–Crippen LogP) is -1.12. The number of hydrogen-bond donors (Lipinski definition) is 1. The summed E-state index contributed by atoms with van der Waals surface area (Å²) in [5, 5.41) is 0. The Bertz CT molecular complexity index is 223. The van der Waals surface area contributed by atoms with Crippen molar-refractivity contribution in [1.82, 2.24) is 9.80 Å².